The van der Waals surface area contributed by atoms with Gasteiger partial charge in [-0.05, 0) is 259 Å². The lowest BCUT2D eigenvalue weighted by atomic mass is 9.84. The number of amidine groups is 3. The summed E-state index contributed by atoms with van der Waals surface area (Å²) in [4.78, 5) is 135. The molecule has 135 heavy (non-hydrogen) atoms. The van der Waals surface area contributed by atoms with Crippen LogP contribution in [0.2, 0.25) is 0 Å². The highest BCUT2D eigenvalue weighted by atomic mass is 16.2. The fraction of sp³-hybridized carbons (Fsp3) is 0.534. The van der Waals surface area contributed by atoms with E-state index in [1.54, 1.807) is 72.7 Å². The zero-order valence-electron chi connectivity index (χ0n) is 87.3. The Labute approximate surface area is 810 Å². The van der Waals surface area contributed by atoms with Gasteiger partial charge in [-0.3, -0.25) is 48.2 Å². The third kappa shape index (κ3) is 25.7. The summed E-state index contributed by atoms with van der Waals surface area (Å²) in [7, 11) is 0. The van der Waals surface area contributed by atoms with Gasteiger partial charge in [-0.1, -0.05) is 230 Å². The van der Waals surface area contributed by atoms with E-state index in [1.165, 1.54) is 89.8 Å². The van der Waals surface area contributed by atoms with Crippen LogP contribution in [-0.2, 0) is 33.6 Å². The van der Waals surface area contributed by atoms with Crippen LogP contribution in [0.3, 0.4) is 0 Å². The number of hydrazine groups is 1. The molecule has 0 spiro atoms. The van der Waals surface area contributed by atoms with Gasteiger partial charge in [-0.15, -0.1) is 0 Å². The van der Waals surface area contributed by atoms with Crippen LogP contribution in [-0.4, -0.2) is 163 Å². The van der Waals surface area contributed by atoms with Crippen LogP contribution in [0.4, 0.5) is 0 Å². The Kier molecular flexibility index (Phi) is 39.3. The van der Waals surface area contributed by atoms with Crippen molar-refractivity contribution in [2.45, 2.75) is 340 Å². The van der Waals surface area contributed by atoms with Crippen LogP contribution >= 0.6 is 0 Å². The van der Waals surface area contributed by atoms with Crippen molar-refractivity contribution in [3.8, 4) is 6.07 Å². The molecule has 0 radical (unpaired) electrons. The average molecular weight is 1840 g/mol. The van der Waals surface area contributed by atoms with E-state index in [2.05, 4.69) is 175 Å². The SMILES string of the molecule is CCCCC(CC)CN(CC(CC)CCCC)C1=NC(c2c(C)cc(C)cc2C)=C(/C=C2\C(=O)N(N3CCCCC3)C(=O)C(C)=C2C)C1.CCCCN(CCCC)C1=NC(c2c(C)cc(C)cc2C)=C(/C=C2\C(=O)N(C(C)C(=O)C(C)(C)C)C(=O)C(C#N)=C2C)C1.CCCCN(CCCC)C1=NC(c2c(C)cc(C)cc2C)=C(/C=C2\C(=O)N(C(C)C(=O)c3ccccc3)C(=O)C(C)=C2C)C1. The second-order valence-electron chi connectivity index (χ2n) is 40.1. The molecule has 1 fully saturated rings. The molecule has 726 valence electrons. The van der Waals surface area contributed by atoms with Crippen LogP contribution < -0.4 is 0 Å². The smallest absolute Gasteiger partial charge is 0.275 e. The molecule has 7 aliphatic rings. The topological polar surface area (TPSA) is 220 Å². The van der Waals surface area contributed by atoms with E-state index in [0.717, 1.165) is 223 Å². The Hall–Kier alpha value is -10.8. The number of allylic oxidation sites excluding steroid dienone is 3. The zero-order valence-corrected chi connectivity index (χ0v) is 87.3. The third-order valence-electron chi connectivity index (χ3n) is 28.2. The van der Waals surface area contributed by atoms with Crippen molar-refractivity contribution in [2.24, 2.45) is 32.2 Å². The fourth-order valence-electron chi connectivity index (χ4n) is 20.1. The van der Waals surface area contributed by atoms with Gasteiger partial charge < -0.3 is 14.7 Å². The van der Waals surface area contributed by atoms with Crippen LogP contribution in [0.5, 0.6) is 0 Å². The summed E-state index contributed by atoms with van der Waals surface area (Å²) in [6, 6.07) is 22.0. The monoisotopic (exact) mass is 1830 g/mol. The van der Waals surface area contributed by atoms with E-state index >= 15 is 0 Å². The Balaban J connectivity index is 0.000000228. The number of nitrogens with zero attached hydrogens (tertiary/aromatic N) is 11. The van der Waals surface area contributed by atoms with E-state index in [0.29, 0.717) is 70.1 Å². The summed E-state index contributed by atoms with van der Waals surface area (Å²) in [6.07, 6.45) is 29.2. The highest BCUT2D eigenvalue weighted by molar-refractivity contribution is 6.22. The maximum atomic E-state index is 14.3. The summed E-state index contributed by atoms with van der Waals surface area (Å²) in [5, 5.41) is 13.4. The van der Waals surface area contributed by atoms with Crippen molar-refractivity contribution >= 4 is 81.6 Å². The van der Waals surface area contributed by atoms with Gasteiger partial charge in [-0.2, -0.15) is 5.26 Å². The molecule has 4 aromatic carbocycles. The molecule has 0 N–H and O–H groups in total. The molecule has 7 heterocycles. The average Bonchev–Trinajstić information content (AvgIpc) is 1.68. The maximum absolute atomic E-state index is 14.3. The number of aryl methyl sites for hydroxylation is 9. The zero-order chi connectivity index (χ0) is 99.3. The molecule has 19 heteroatoms. The predicted molar refractivity (Wildman–Crippen MR) is 554 cm³/mol. The van der Waals surface area contributed by atoms with Crippen molar-refractivity contribution < 1.29 is 38.4 Å². The largest absolute Gasteiger partial charge is 0.360 e. The fourth-order valence-corrected chi connectivity index (χ4v) is 20.1. The highest BCUT2D eigenvalue weighted by Crippen LogP contribution is 2.44. The van der Waals surface area contributed by atoms with E-state index in [1.807, 2.05) is 50.1 Å². The molecule has 4 aromatic rings. The van der Waals surface area contributed by atoms with Crippen molar-refractivity contribution in [1.82, 2.24) is 34.5 Å². The third-order valence-corrected chi connectivity index (χ3v) is 28.2. The number of aliphatic imine (C=N–C) groups is 3. The number of piperidine rings is 1. The second kappa shape index (κ2) is 49.3. The van der Waals surface area contributed by atoms with Crippen molar-refractivity contribution in [3.05, 3.63) is 224 Å². The van der Waals surface area contributed by atoms with Crippen molar-refractivity contribution in [1.29, 1.82) is 5.26 Å². The molecule has 7 aliphatic heterocycles. The van der Waals surface area contributed by atoms with E-state index < -0.39 is 41.1 Å². The number of amides is 6. The molecule has 0 aromatic heterocycles. The number of hydrogen-bond acceptors (Lipinski definition) is 16. The van der Waals surface area contributed by atoms with E-state index in [9.17, 15) is 43.6 Å². The number of rotatable bonds is 36. The minimum atomic E-state index is -1.01. The van der Waals surface area contributed by atoms with E-state index in [4.69, 9.17) is 15.0 Å². The standard InChI is InChI=1S/C42H64N4O2.C38H47N3O3.C36H48N4O3/c1-10-14-19-34(12-3)27-44(28-35(13-4)20-15-11-2)38-26-36(40(43-38)39-30(6)23-29(5)24-31(39)7)25-37-32(8)33(9)41(47)46(42(37)48)45-21-17-16-18-22-45;1-9-11-18-40(19-12-10-2)33-23-31(35(39-33)34-25(4)20-24(3)21-26(34)5)22-32-27(6)28(7)37(43)41(38(32)44)29(8)36(42)30-16-14-13-15-17-30;1-11-13-15-39(16-14-12-2)30-20-27(32(38-30)31-23(4)17-22(3)18-24(31)5)19-28-25(6)29(21-37)35(43)40(34(28)42)26(7)33(41)36(8,9)10/h23-25,34-35H,10-22,26-28H2,1-9H3;13-17,20-22,29H,9-12,18-19,23H2,1-8H3;17-19,26H,11-16,20H2,1-10H3/b37-25-;32-22-;28-19-. The quantitative estimate of drug-likeness (QED) is 0.0235. The van der Waals surface area contributed by atoms with Crippen molar-refractivity contribution in [3.63, 3.8) is 0 Å². The summed E-state index contributed by atoms with van der Waals surface area (Å²) < 4.78 is 0. The lowest BCUT2D eigenvalue weighted by Crippen LogP contribution is -2.54. The highest BCUT2D eigenvalue weighted by Gasteiger charge is 2.46. The van der Waals surface area contributed by atoms with E-state index in [-0.39, 0.29) is 34.5 Å². The Morgan fingerprint density at radius 3 is 1.11 bits per heavy atom. The molecule has 0 aliphatic carbocycles. The first-order chi connectivity index (χ1) is 64.2. The number of carbonyl (C=O) groups excluding carboxylic acids is 8. The Morgan fingerprint density at radius 1 is 0.422 bits per heavy atom. The van der Waals surface area contributed by atoms with Crippen LogP contribution in [0.1, 0.15) is 343 Å². The number of unbranched alkanes of at least 4 members (excludes halogenated alkanes) is 6. The molecule has 0 saturated carbocycles. The molecule has 11 rings (SSSR count). The number of Topliss-reactive ketones (excluding diaryl/α,β-unsaturated/α-hetero) is 2. The molecule has 0 bridgehead atoms. The lowest BCUT2D eigenvalue weighted by Gasteiger charge is -2.39. The Bertz CT molecular complexity index is 5460. The molecule has 4 unspecified atom stereocenters. The van der Waals surface area contributed by atoms with Gasteiger partial charge >= 0.3 is 0 Å². The number of hydrogen-bond donors (Lipinski definition) is 0. The molecule has 4 atom stereocenters. The molecular weight excluding hydrogens is 1680 g/mol. The number of benzene rings is 4. The van der Waals surface area contributed by atoms with Gasteiger partial charge in [-0.25, -0.2) is 25.0 Å². The molecular formula is C116H159N11O8. The minimum Gasteiger partial charge on any atom is -0.360 e. The number of imide groups is 3. The first kappa shape index (κ1) is 108. The minimum absolute atomic E-state index is 0.115. The van der Waals surface area contributed by atoms with Crippen LogP contribution in [0.25, 0.3) is 17.1 Å². The Morgan fingerprint density at radius 2 is 0.763 bits per heavy atom. The second-order valence-corrected chi connectivity index (χ2v) is 40.1. The molecule has 1 saturated heterocycles. The van der Waals surface area contributed by atoms with Gasteiger partial charge in [0.15, 0.2) is 11.6 Å². The van der Waals surface area contributed by atoms with Gasteiger partial charge in [0.05, 0.1) is 23.1 Å². The van der Waals surface area contributed by atoms with Gasteiger partial charge in [0.1, 0.15) is 35.2 Å². The first-order valence-electron chi connectivity index (χ1n) is 50.8. The summed E-state index contributed by atoms with van der Waals surface area (Å²) in [6.45, 7) is 61.8. The van der Waals surface area contributed by atoms with Crippen LogP contribution in [0.15, 0.2) is 167 Å². The normalized spacial score (nSPS) is 18.3. The van der Waals surface area contributed by atoms with Gasteiger partial charge in [0, 0.05) is 127 Å². The number of carbonyl (C=O) groups is 8. The lowest BCUT2D eigenvalue weighted by molar-refractivity contribution is -0.161. The van der Waals surface area contributed by atoms with Crippen LogP contribution in [0, 0.1) is 90.9 Å². The van der Waals surface area contributed by atoms with Gasteiger partial charge in [0.2, 0.25) is 0 Å². The molecule has 19 nitrogen and oxygen atoms in total. The molecule has 6 amide bonds. The van der Waals surface area contributed by atoms with Gasteiger partial charge in [0.25, 0.3) is 35.4 Å². The number of ketones is 2. The number of nitriles is 1. The summed E-state index contributed by atoms with van der Waals surface area (Å²) >= 11 is 0. The predicted octanol–water partition coefficient (Wildman–Crippen LogP) is 25.0. The maximum Gasteiger partial charge on any atom is 0.275 e. The van der Waals surface area contributed by atoms with Crippen molar-refractivity contribution in [2.75, 3.05) is 52.4 Å². The summed E-state index contributed by atoms with van der Waals surface area (Å²) in [5.74, 6) is 1.35. The summed E-state index contributed by atoms with van der Waals surface area (Å²) in [5.41, 5.74) is 23.2. The first-order valence-corrected chi connectivity index (χ1v) is 50.8.